The number of nitrogens with zero attached hydrogens (tertiary/aromatic N) is 2. The molecule has 7 heteroatoms. The number of hydrogen-bond donors (Lipinski definition) is 3. The Bertz CT molecular complexity index is 372. The maximum Gasteiger partial charge on any atom is 0.191 e. The molecule has 1 aliphatic carbocycles. The van der Waals surface area contributed by atoms with Crippen LogP contribution in [-0.2, 0) is 4.74 Å². The second-order valence-electron chi connectivity index (χ2n) is 6.76. The van der Waals surface area contributed by atoms with Gasteiger partial charge in [0.2, 0.25) is 0 Å². The van der Waals surface area contributed by atoms with Crippen LogP contribution in [0.5, 0.6) is 0 Å². The lowest BCUT2D eigenvalue weighted by Crippen LogP contribution is -2.42. The van der Waals surface area contributed by atoms with Gasteiger partial charge in [0.05, 0.1) is 13.2 Å². The lowest BCUT2D eigenvalue weighted by Gasteiger charge is -2.25. The van der Waals surface area contributed by atoms with Gasteiger partial charge in [0.1, 0.15) is 0 Å². The first-order chi connectivity index (χ1) is 11.2. The van der Waals surface area contributed by atoms with E-state index in [9.17, 15) is 5.11 Å². The smallest absolute Gasteiger partial charge is 0.191 e. The predicted octanol–water partition coefficient (Wildman–Crippen LogP) is 1.43. The van der Waals surface area contributed by atoms with E-state index in [1.807, 2.05) is 0 Å². The van der Waals surface area contributed by atoms with E-state index >= 15 is 0 Å². The van der Waals surface area contributed by atoms with Crippen LogP contribution in [0.1, 0.15) is 39.5 Å². The van der Waals surface area contributed by atoms with Gasteiger partial charge >= 0.3 is 0 Å². The molecule has 0 bridgehead atoms. The molecule has 142 valence electrons. The van der Waals surface area contributed by atoms with E-state index in [0.29, 0.717) is 13.2 Å². The van der Waals surface area contributed by atoms with Crippen molar-refractivity contribution in [3.63, 3.8) is 0 Å². The zero-order valence-corrected chi connectivity index (χ0v) is 17.6. The average Bonchev–Trinajstić information content (AvgIpc) is 3.29. The van der Waals surface area contributed by atoms with Crippen molar-refractivity contribution >= 4 is 29.9 Å². The van der Waals surface area contributed by atoms with Crippen LogP contribution in [0.4, 0.5) is 0 Å². The van der Waals surface area contributed by atoms with Crippen molar-refractivity contribution in [1.29, 1.82) is 0 Å². The molecule has 3 N–H and O–H groups in total. The molecule has 1 atom stereocenters. The largest absolute Gasteiger partial charge is 0.396 e. The number of ether oxygens (including phenoxy) is 1. The van der Waals surface area contributed by atoms with Gasteiger partial charge in [-0.3, -0.25) is 9.89 Å². The Kier molecular flexibility index (Phi) is 10.5. The summed E-state index contributed by atoms with van der Waals surface area (Å²) in [6, 6.07) is 0.810. The average molecular weight is 454 g/mol. The van der Waals surface area contributed by atoms with E-state index in [2.05, 4.69) is 29.4 Å². The number of likely N-dealkylation sites (N-methyl/N-ethyl adjacent to an activating group) is 1. The Labute approximate surface area is 163 Å². The first-order valence-electron chi connectivity index (χ1n) is 9.18. The molecule has 0 spiro atoms. The highest BCUT2D eigenvalue weighted by Gasteiger charge is 2.34. The summed E-state index contributed by atoms with van der Waals surface area (Å²) < 4.78 is 5.54. The third kappa shape index (κ3) is 7.01. The van der Waals surface area contributed by atoms with E-state index in [1.165, 1.54) is 12.8 Å². The summed E-state index contributed by atoms with van der Waals surface area (Å²) in [5.41, 5.74) is 0.0145. The molecule has 1 unspecified atom stereocenters. The first-order valence-corrected chi connectivity index (χ1v) is 9.18. The zero-order valence-electron chi connectivity index (χ0n) is 15.2. The fraction of sp³-hybridized carbons (Fsp3) is 0.941. The SMILES string of the molecule is CCNC(=NCC1(CCO)CCOC1)NCCN(CC)C1CC1.I. The van der Waals surface area contributed by atoms with Crippen LogP contribution in [0.2, 0.25) is 0 Å². The van der Waals surface area contributed by atoms with E-state index < -0.39 is 0 Å². The van der Waals surface area contributed by atoms with Gasteiger partial charge in [0.15, 0.2) is 5.96 Å². The van der Waals surface area contributed by atoms with Gasteiger partial charge in [0.25, 0.3) is 0 Å². The summed E-state index contributed by atoms with van der Waals surface area (Å²) in [6.45, 7) is 10.7. The second kappa shape index (κ2) is 11.5. The lowest BCUT2D eigenvalue weighted by molar-refractivity contribution is 0.131. The van der Waals surface area contributed by atoms with E-state index in [0.717, 1.165) is 57.6 Å². The summed E-state index contributed by atoms with van der Waals surface area (Å²) in [5, 5.41) is 16.1. The summed E-state index contributed by atoms with van der Waals surface area (Å²) in [5.74, 6) is 0.878. The normalized spacial score (nSPS) is 24.1. The molecule has 0 aromatic heterocycles. The van der Waals surface area contributed by atoms with E-state index in [1.54, 1.807) is 0 Å². The number of aliphatic hydroxyl groups is 1. The Morgan fingerprint density at radius 1 is 1.33 bits per heavy atom. The zero-order chi connectivity index (χ0) is 16.5. The number of nitrogens with one attached hydrogen (secondary N) is 2. The topological polar surface area (TPSA) is 69.1 Å². The van der Waals surface area contributed by atoms with Crippen molar-refractivity contribution in [2.75, 3.05) is 52.5 Å². The van der Waals surface area contributed by atoms with Crippen molar-refractivity contribution in [2.45, 2.75) is 45.6 Å². The van der Waals surface area contributed by atoms with Gasteiger partial charge < -0.3 is 20.5 Å². The highest BCUT2D eigenvalue weighted by Crippen LogP contribution is 2.32. The number of rotatable bonds is 10. The summed E-state index contributed by atoms with van der Waals surface area (Å²) in [7, 11) is 0. The predicted molar refractivity (Wildman–Crippen MR) is 109 cm³/mol. The fourth-order valence-corrected chi connectivity index (χ4v) is 3.23. The highest BCUT2D eigenvalue weighted by atomic mass is 127. The molecule has 2 fully saturated rings. The van der Waals surface area contributed by atoms with Crippen LogP contribution in [-0.4, -0.2) is 74.6 Å². The maximum absolute atomic E-state index is 9.31. The Balaban J connectivity index is 0.00000288. The van der Waals surface area contributed by atoms with E-state index in [4.69, 9.17) is 9.73 Å². The van der Waals surface area contributed by atoms with Crippen LogP contribution in [0.15, 0.2) is 4.99 Å². The molecule has 2 rings (SSSR count). The molecule has 1 aliphatic heterocycles. The maximum atomic E-state index is 9.31. The molecule has 1 heterocycles. The minimum atomic E-state index is 0. The van der Waals surface area contributed by atoms with Gasteiger partial charge in [-0.15, -0.1) is 24.0 Å². The van der Waals surface area contributed by atoms with Crippen molar-refractivity contribution in [3.8, 4) is 0 Å². The number of guanidine groups is 1. The van der Waals surface area contributed by atoms with Gasteiger partial charge in [-0.1, -0.05) is 6.92 Å². The minimum absolute atomic E-state index is 0. The Morgan fingerprint density at radius 3 is 2.67 bits per heavy atom. The molecular formula is C17H35IN4O2. The van der Waals surface area contributed by atoms with Gasteiger partial charge in [0, 0.05) is 44.3 Å². The van der Waals surface area contributed by atoms with Crippen LogP contribution in [0.3, 0.4) is 0 Å². The number of aliphatic hydroxyl groups excluding tert-OH is 1. The van der Waals surface area contributed by atoms with Crippen molar-refractivity contribution in [3.05, 3.63) is 0 Å². The number of halogens is 1. The Hall–Kier alpha value is -0.120. The minimum Gasteiger partial charge on any atom is -0.396 e. The van der Waals surface area contributed by atoms with Crippen molar-refractivity contribution < 1.29 is 9.84 Å². The quantitative estimate of drug-likeness (QED) is 0.265. The van der Waals surface area contributed by atoms with Gasteiger partial charge in [-0.2, -0.15) is 0 Å². The summed E-state index contributed by atoms with van der Waals surface area (Å²) in [6.07, 6.45) is 4.46. The van der Waals surface area contributed by atoms with Crippen LogP contribution >= 0.6 is 24.0 Å². The fourth-order valence-electron chi connectivity index (χ4n) is 3.23. The molecule has 6 nitrogen and oxygen atoms in total. The second-order valence-corrected chi connectivity index (χ2v) is 6.76. The molecular weight excluding hydrogens is 419 g/mol. The third-order valence-corrected chi connectivity index (χ3v) is 4.90. The van der Waals surface area contributed by atoms with Crippen molar-refractivity contribution in [2.24, 2.45) is 10.4 Å². The molecule has 0 aromatic carbocycles. The molecule has 0 aromatic rings. The standard InChI is InChI=1S/C17H34N4O2.HI/c1-3-18-16(19-9-10-21(4-2)15-5-6-15)20-13-17(7-11-22)8-12-23-14-17;/h15,22H,3-14H2,1-2H3,(H2,18,19,20);1H. The number of aliphatic imine (C=N–C) groups is 1. The highest BCUT2D eigenvalue weighted by molar-refractivity contribution is 14.0. The van der Waals surface area contributed by atoms with Crippen LogP contribution in [0, 0.1) is 5.41 Å². The van der Waals surface area contributed by atoms with Crippen LogP contribution < -0.4 is 10.6 Å². The van der Waals surface area contributed by atoms with Crippen molar-refractivity contribution in [1.82, 2.24) is 15.5 Å². The van der Waals surface area contributed by atoms with E-state index in [-0.39, 0.29) is 36.0 Å². The molecule has 0 radical (unpaired) electrons. The number of hydrogen-bond acceptors (Lipinski definition) is 4. The third-order valence-electron chi connectivity index (χ3n) is 4.90. The monoisotopic (exact) mass is 454 g/mol. The summed E-state index contributed by atoms with van der Waals surface area (Å²) in [4.78, 5) is 7.29. The van der Waals surface area contributed by atoms with Gasteiger partial charge in [-0.05, 0) is 39.2 Å². The lowest BCUT2D eigenvalue weighted by atomic mass is 9.84. The van der Waals surface area contributed by atoms with Gasteiger partial charge in [-0.25, -0.2) is 0 Å². The molecule has 1 saturated heterocycles. The molecule has 2 aliphatic rings. The molecule has 0 amide bonds. The van der Waals surface area contributed by atoms with Crippen LogP contribution in [0.25, 0.3) is 0 Å². The Morgan fingerprint density at radius 2 is 2.12 bits per heavy atom. The first kappa shape index (κ1) is 21.9. The molecule has 1 saturated carbocycles. The molecule has 24 heavy (non-hydrogen) atoms. The summed E-state index contributed by atoms with van der Waals surface area (Å²) >= 11 is 0.